The van der Waals surface area contributed by atoms with E-state index in [0.717, 1.165) is 17.8 Å². The van der Waals surface area contributed by atoms with E-state index in [9.17, 15) is 13.2 Å². The second kappa shape index (κ2) is 5.87. The highest BCUT2D eigenvalue weighted by atomic mass is 19.4. The third-order valence-corrected chi connectivity index (χ3v) is 2.44. The van der Waals surface area contributed by atoms with Crippen LogP contribution in [0.2, 0.25) is 0 Å². The summed E-state index contributed by atoms with van der Waals surface area (Å²) in [5.41, 5.74) is -0.000821. The predicted molar refractivity (Wildman–Crippen MR) is 66.3 cm³/mol. The van der Waals surface area contributed by atoms with Crippen LogP contribution in [0.3, 0.4) is 0 Å². The molecule has 1 heterocycles. The van der Waals surface area contributed by atoms with E-state index in [-0.39, 0.29) is 6.01 Å². The summed E-state index contributed by atoms with van der Waals surface area (Å²) < 4.78 is 42.7. The van der Waals surface area contributed by atoms with Crippen LogP contribution < -0.4 is 10.1 Å². The Morgan fingerprint density at radius 2 is 1.85 bits per heavy atom. The molecule has 0 unspecified atom stereocenters. The van der Waals surface area contributed by atoms with Gasteiger partial charge in [-0.15, -0.1) is 0 Å². The van der Waals surface area contributed by atoms with Gasteiger partial charge in [-0.1, -0.05) is 12.1 Å². The van der Waals surface area contributed by atoms with Crippen molar-refractivity contribution < 1.29 is 17.9 Å². The molecule has 0 aliphatic heterocycles. The van der Waals surface area contributed by atoms with Crippen LogP contribution in [0.25, 0.3) is 0 Å². The molecule has 0 saturated carbocycles. The summed E-state index contributed by atoms with van der Waals surface area (Å²) in [6, 6.07) is 7.37. The lowest BCUT2D eigenvalue weighted by molar-refractivity contribution is -0.141. The van der Waals surface area contributed by atoms with E-state index < -0.39 is 11.9 Å². The van der Waals surface area contributed by atoms with Gasteiger partial charge in [0.1, 0.15) is 5.75 Å². The number of benzene rings is 1. The summed E-state index contributed by atoms with van der Waals surface area (Å²) >= 11 is 0. The molecule has 106 valence electrons. The first kappa shape index (κ1) is 14.3. The smallest absolute Gasteiger partial charge is 0.424 e. The Morgan fingerprint density at radius 1 is 1.15 bits per heavy atom. The molecule has 0 bridgehead atoms. The number of hydrogen-bond acceptors (Lipinski definition) is 4. The van der Waals surface area contributed by atoms with Crippen molar-refractivity contribution in [3.8, 4) is 11.8 Å². The second-order valence-corrected chi connectivity index (χ2v) is 4.00. The fourth-order valence-electron chi connectivity index (χ4n) is 1.53. The number of rotatable bonds is 4. The van der Waals surface area contributed by atoms with Crippen molar-refractivity contribution in [2.45, 2.75) is 12.7 Å². The zero-order chi connectivity index (χ0) is 14.6. The summed E-state index contributed by atoms with van der Waals surface area (Å²) in [6.07, 6.45) is -3.50. The summed E-state index contributed by atoms with van der Waals surface area (Å²) in [5, 5.41) is 2.99. The van der Waals surface area contributed by atoms with Crippen molar-refractivity contribution in [3.05, 3.63) is 47.8 Å². The Balaban J connectivity index is 2.13. The molecule has 0 aliphatic carbocycles. The minimum absolute atomic E-state index is 0.332. The van der Waals surface area contributed by atoms with Gasteiger partial charge in [0, 0.05) is 12.7 Å². The number of nitrogens with one attached hydrogen (secondary N) is 1. The zero-order valence-corrected chi connectivity index (χ0v) is 10.6. The first-order valence-electron chi connectivity index (χ1n) is 5.80. The van der Waals surface area contributed by atoms with Gasteiger partial charge >= 0.3 is 12.2 Å². The van der Waals surface area contributed by atoms with Crippen LogP contribution >= 0.6 is 0 Å². The second-order valence-electron chi connectivity index (χ2n) is 4.00. The highest BCUT2D eigenvalue weighted by Crippen LogP contribution is 2.28. The van der Waals surface area contributed by atoms with Gasteiger partial charge in [-0.25, -0.2) is 4.98 Å². The van der Waals surface area contributed by atoms with Crippen molar-refractivity contribution in [2.24, 2.45) is 0 Å². The lowest BCUT2D eigenvalue weighted by Gasteiger charge is -2.08. The van der Waals surface area contributed by atoms with E-state index in [4.69, 9.17) is 4.74 Å². The Morgan fingerprint density at radius 3 is 2.45 bits per heavy atom. The maximum atomic E-state index is 12.5. The Bertz CT molecular complexity index is 570. The minimum Gasteiger partial charge on any atom is -0.424 e. The number of hydrogen-bond donors (Lipinski definition) is 1. The van der Waals surface area contributed by atoms with Gasteiger partial charge < -0.3 is 10.1 Å². The predicted octanol–water partition coefficient (Wildman–Crippen LogP) is 3.01. The standard InChI is InChI=1S/C13H12F3N3O/c1-17-8-9-2-4-10(5-3-9)20-12-18-7-6-11(19-12)13(14,15)16/h2-7,17H,8H2,1H3. The first-order valence-corrected chi connectivity index (χ1v) is 5.80. The van der Waals surface area contributed by atoms with Gasteiger partial charge in [0.2, 0.25) is 0 Å². The molecule has 0 spiro atoms. The number of ether oxygens (including phenoxy) is 1. The maximum Gasteiger partial charge on any atom is 0.433 e. The Hall–Kier alpha value is -2.15. The minimum atomic E-state index is -4.52. The molecule has 0 radical (unpaired) electrons. The lowest BCUT2D eigenvalue weighted by Crippen LogP contribution is -2.09. The highest BCUT2D eigenvalue weighted by molar-refractivity contribution is 5.29. The summed E-state index contributed by atoms with van der Waals surface area (Å²) in [6.45, 7) is 0.695. The lowest BCUT2D eigenvalue weighted by atomic mass is 10.2. The fourth-order valence-corrected chi connectivity index (χ4v) is 1.53. The zero-order valence-electron chi connectivity index (χ0n) is 10.6. The van der Waals surface area contributed by atoms with E-state index in [1.165, 1.54) is 0 Å². The van der Waals surface area contributed by atoms with Crippen LogP contribution in [0.4, 0.5) is 13.2 Å². The third kappa shape index (κ3) is 3.67. The average Bonchev–Trinajstić information content (AvgIpc) is 2.41. The number of halogens is 3. The van der Waals surface area contributed by atoms with Crippen molar-refractivity contribution in [1.82, 2.24) is 15.3 Å². The normalized spacial score (nSPS) is 11.4. The van der Waals surface area contributed by atoms with E-state index in [1.807, 2.05) is 7.05 Å². The molecule has 1 aromatic heterocycles. The fraction of sp³-hybridized carbons (Fsp3) is 0.231. The van der Waals surface area contributed by atoms with E-state index in [2.05, 4.69) is 15.3 Å². The SMILES string of the molecule is CNCc1ccc(Oc2nccc(C(F)(F)F)n2)cc1. The maximum absolute atomic E-state index is 12.5. The van der Waals surface area contributed by atoms with Crippen molar-refractivity contribution >= 4 is 0 Å². The summed E-state index contributed by atoms with van der Waals surface area (Å²) in [5.74, 6) is 0.379. The number of alkyl halides is 3. The molecular formula is C13H12F3N3O. The molecule has 2 aromatic rings. The summed E-state index contributed by atoms with van der Waals surface area (Å²) in [7, 11) is 1.82. The van der Waals surface area contributed by atoms with Crippen molar-refractivity contribution in [3.63, 3.8) is 0 Å². The molecule has 7 heteroatoms. The van der Waals surface area contributed by atoms with Crippen LogP contribution in [-0.4, -0.2) is 17.0 Å². The van der Waals surface area contributed by atoms with Gasteiger partial charge in [0.25, 0.3) is 0 Å². The molecule has 2 rings (SSSR count). The molecule has 1 aromatic carbocycles. The van der Waals surface area contributed by atoms with Gasteiger partial charge in [-0.2, -0.15) is 18.2 Å². The average molecular weight is 283 g/mol. The van der Waals surface area contributed by atoms with Gasteiger partial charge in [-0.05, 0) is 30.8 Å². The molecule has 0 saturated heterocycles. The monoisotopic (exact) mass is 283 g/mol. The number of nitrogens with zero attached hydrogens (tertiary/aromatic N) is 2. The molecule has 4 nitrogen and oxygen atoms in total. The largest absolute Gasteiger partial charge is 0.433 e. The van der Waals surface area contributed by atoms with Crippen LogP contribution in [0.5, 0.6) is 11.8 Å². The van der Waals surface area contributed by atoms with Gasteiger partial charge in [-0.3, -0.25) is 0 Å². The Kier molecular flexibility index (Phi) is 4.19. The van der Waals surface area contributed by atoms with E-state index in [1.54, 1.807) is 24.3 Å². The van der Waals surface area contributed by atoms with Crippen LogP contribution in [0, 0.1) is 0 Å². The van der Waals surface area contributed by atoms with Gasteiger partial charge in [0.15, 0.2) is 5.69 Å². The van der Waals surface area contributed by atoms with Crippen LogP contribution in [0.15, 0.2) is 36.5 Å². The quantitative estimate of drug-likeness (QED) is 0.937. The molecule has 0 aliphatic rings. The van der Waals surface area contributed by atoms with E-state index >= 15 is 0 Å². The van der Waals surface area contributed by atoms with Crippen LogP contribution in [0.1, 0.15) is 11.3 Å². The van der Waals surface area contributed by atoms with Crippen molar-refractivity contribution in [2.75, 3.05) is 7.05 Å². The molecule has 1 N–H and O–H groups in total. The first-order chi connectivity index (χ1) is 9.49. The Labute approximate surface area is 113 Å². The topological polar surface area (TPSA) is 47.0 Å². The molecular weight excluding hydrogens is 271 g/mol. The van der Waals surface area contributed by atoms with Crippen molar-refractivity contribution in [1.29, 1.82) is 0 Å². The van der Waals surface area contributed by atoms with E-state index in [0.29, 0.717) is 12.3 Å². The third-order valence-electron chi connectivity index (χ3n) is 2.44. The molecule has 0 fully saturated rings. The molecule has 20 heavy (non-hydrogen) atoms. The van der Waals surface area contributed by atoms with Gasteiger partial charge in [0.05, 0.1) is 0 Å². The molecule has 0 atom stereocenters. The summed E-state index contributed by atoms with van der Waals surface area (Å²) in [4.78, 5) is 6.99. The molecule has 0 amide bonds. The van der Waals surface area contributed by atoms with Crippen LogP contribution in [-0.2, 0) is 12.7 Å². The number of aromatic nitrogens is 2. The highest BCUT2D eigenvalue weighted by Gasteiger charge is 2.33.